The van der Waals surface area contributed by atoms with Crippen LogP contribution in [0.25, 0.3) is 0 Å². The summed E-state index contributed by atoms with van der Waals surface area (Å²) in [4.78, 5) is 27.7. The van der Waals surface area contributed by atoms with Crippen molar-refractivity contribution >= 4 is 21.8 Å². The largest absolute Gasteiger partial charge is 0.481 e. The van der Waals surface area contributed by atoms with E-state index < -0.39 is 33.1 Å². The van der Waals surface area contributed by atoms with Gasteiger partial charge in [-0.05, 0) is 129 Å². The second kappa shape index (κ2) is 13.3. The summed E-state index contributed by atoms with van der Waals surface area (Å²) in [6.45, 7) is 27.1. The molecule has 0 unspecified atom stereocenters. The fourth-order valence-corrected chi connectivity index (χ4v) is 16.6. The second-order valence-corrected chi connectivity index (χ2v) is 24.0. The third kappa shape index (κ3) is 6.01. The quantitative estimate of drug-likeness (QED) is 0.173. The Morgan fingerprint density at radius 3 is 2.13 bits per heavy atom. The molecule has 10 heteroatoms. The summed E-state index contributed by atoms with van der Waals surface area (Å²) in [6, 6.07) is 0.0408. The zero-order chi connectivity index (χ0) is 39.6. The first kappa shape index (κ1) is 40.7. The van der Waals surface area contributed by atoms with Gasteiger partial charge in [0, 0.05) is 42.7 Å². The molecule has 9 nitrogen and oxygen atoms in total. The van der Waals surface area contributed by atoms with E-state index in [9.17, 15) is 23.1 Å². The molecule has 0 spiro atoms. The molecule has 7 aliphatic rings. The van der Waals surface area contributed by atoms with Crippen LogP contribution in [0.4, 0.5) is 0 Å². The van der Waals surface area contributed by atoms with Gasteiger partial charge in [-0.25, -0.2) is 8.42 Å². The summed E-state index contributed by atoms with van der Waals surface area (Å²) in [7, 11) is -2.96. The molecule has 0 aromatic heterocycles. The Bertz CT molecular complexity index is 1630. The monoisotopic (exact) mass is 772 g/mol. The normalized spacial score (nSPS) is 47.1. The third-order valence-electron chi connectivity index (χ3n) is 18.7. The van der Waals surface area contributed by atoms with Crippen LogP contribution in [0.5, 0.6) is 0 Å². The zero-order valence-corrected chi connectivity index (χ0v) is 35.8. The van der Waals surface area contributed by atoms with E-state index in [2.05, 4.69) is 65.3 Å². The number of fused-ring (bicyclic) bond motifs is 7. The van der Waals surface area contributed by atoms with Crippen LogP contribution < -0.4 is 11.1 Å². The lowest BCUT2D eigenvalue weighted by atomic mass is 9.32. The van der Waals surface area contributed by atoms with Gasteiger partial charge in [-0.2, -0.15) is 0 Å². The van der Waals surface area contributed by atoms with Gasteiger partial charge in [-0.3, -0.25) is 14.5 Å². The highest BCUT2D eigenvalue weighted by Crippen LogP contribution is 2.76. The van der Waals surface area contributed by atoms with Gasteiger partial charge in [0.25, 0.3) is 0 Å². The number of carboxylic acid groups (broad SMARTS) is 1. The summed E-state index contributed by atoms with van der Waals surface area (Å²) in [5, 5.41) is 14.0. The second-order valence-electron chi connectivity index (χ2n) is 21.7. The SMILES string of the molecule is C=C(C)[C@@H]1CC[C@]2(NC[C@@H]([C@H](C)N)N3CCS(=O)(=O)CC3)CC[C@]3(C)[C@H](CC[C@@H]4[C@@]5(C)CC[C@H](OC(=O)[C@@H]6[C@H](C(=O)O)C6(C)C)C(C)(C)[C@@H]5CC[C@]43C)[C@@H]12. The first-order valence-corrected chi connectivity index (χ1v) is 23.3. The minimum absolute atomic E-state index is 0.0345. The van der Waals surface area contributed by atoms with Crippen molar-refractivity contribution in [3.05, 3.63) is 12.2 Å². The molecule has 0 amide bonds. The van der Waals surface area contributed by atoms with Crippen molar-refractivity contribution in [1.29, 1.82) is 0 Å². The Hall–Kier alpha value is -1.49. The average molecular weight is 772 g/mol. The first-order chi connectivity index (χ1) is 25.0. The standard InChI is InChI=1S/C44H73N3O6S/c1-26(2)28-13-18-44(46-25-30(27(3)45)47-21-23-54(51,52)24-22-47)20-19-42(9)29(34(28)44)11-12-32-41(8)16-15-33(39(4,5)31(41)14-17-43(32,42)10)53-38(50)36-35(37(48)49)40(36,6)7/h27-36,46H,1,11-25,45H2,2-10H3,(H,48,49)/t27-,28-,29+,30-,31-,32+,33-,34+,35+,36-,41-,42+,43+,44-/m0/s1. The molecular weight excluding hydrogens is 699 g/mol. The molecule has 1 aliphatic heterocycles. The van der Waals surface area contributed by atoms with E-state index in [0.717, 1.165) is 38.6 Å². The maximum atomic E-state index is 13.5. The lowest BCUT2D eigenvalue weighted by Gasteiger charge is -2.73. The zero-order valence-electron chi connectivity index (χ0n) is 35.0. The highest BCUT2D eigenvalue weighted by atomic mass is 32.2. The summed E-state index contributed by atoms with van der Waals surface area (Å²) in [6.07, 6.45) is 11.1. The highest BCUT2D eigenvalue weighted by Gasteiger charge is 2.72. The summed E-state index contributed by atoms with van der Waals surface area (Å²) >= 11 is 0. The molecule has 1 saturated heterocycles. The van der Waals surface area contributed by atoms with Crippen LogP contribution in [-0.2, 0) is 24.2 Å². The van der Waals surface area contributed by atoms with E-state index in [-0.39, 0.29) is 62.9 Å². The molecule has 54 heavy (non-hydrogen) atoms. The van der Waals surface area contributed by atoms with Crippen molar-refractivity contribution < 1.29 is 27.9 Å². The Balaban J connectivity index is 1.11. The van der Waals surface area contributed by atoms with E-state index in [1.807, 2.05) is 13.8 Å². The van der Waals surface area contributed by atoms with E-state index in [0.29, 0.717) is 42.7 Å². The molecule has 306 valence electrons. The Morgan fingerprint density at radius 2 is 1.54 bits per heavy atom. The van der Waals surface area contributed by atoms with Crippen LogP contribution in [-0.4, -0.2) is 85.2 Å². The highest BCUT2D eigenvalue weighted by molar-refractivity contribution is 7.91. The lowest BCUT2D eigenvalue weighted by molar-refractivity contribution is -0.246. The lowest BCUT2D eigenvalue weighted by Crippen LogP contribution is -2.69. The number of carboxylic acids is 1. The number of hydrogen-bond acceptors (Lipinski definition) is 8. The summed E-state index contributed by atoms with van der Waals surface area (Å²) in [5.41, 5.74) is 7.76. The van der Waals surface area contributed by atoms with E-state index >= 15 is 0 Å². The number of rotatable bonds is 9. The fourth-order valence-electron chi connectivity index (χ4n) is 15.4. The predicted octanol–water partition coefficient (Wildman–Crippen LogP) is 6.70. The van der Waals surface area contributed by atoms with Gasteiger partial charge in [0.15, 0.2) is 9.84 Å². The van der Waals surface area contributed by atoms with Gasteiger partial charge in [0.1, 0.15) is 6.10 Å². The number of carbonyl (C=O) groups excluding carboxylic acids is 1. The van der Waals surface area contributed by atoms with Gasteiger partial charge in [-0.1, -0.05) is 60.6 Å². The number of carbonyl (C=O) groups is 2. The van der Waals surface area contributed by atoms with Crippen molar-refractivity contribution in [3.8, 4) is 0 Å². The van der Waals surface area contributed by atoms with Gasteiger partial charge in [-0.15, -0.1) is 0 Å². The third-order valence-corrected chi connectivity index (χ3v) is 20.3. The predicted molar refractivity (Wildman–Crippen MR) is 213 cm³/mol. The number of esters is 1. The number of nitrogens with two attached hydrogens (primary N) is 1. The van der Waals surface area contributed by atoms with Crippen LogP contribution >= 0.6 is 0 Å². The van der Waals surface area contributed by atoms with Gasteiger partial charge >= 0.3 is 11.9 Å². The van der Waals surface area contributed by atoms with Gasteiger partial charge in [0.2, 0.25) is 0 Å². The first-order valence-electron chi connectivity index (χ1n) is 21.5. The van der Waals surface area contributed by atoms with Crippen LogP contribution in [0.3, 0.4) is 0 Å². The Morgan fingerprint density at radius 1 is 0.870 bits per heavy atom. The smallest absolute Gasteiger partial charge is 0.310 e. The summed E-state index contributed by atoms with van der Waals surface area (Å²) in [5.74, 6) is 0.598. The van der Waals surface area contributed by atoms with Crippen molar-refractivity contribution in [1.82, 2.24) is 10.2 Å². The maximum absolute atomic E-state index is 13.5. The molecule has 0 aromatic rings. The molecular formula is C44H73N3O6S. The molecule has 0 radical (unpaired) electrons. The molecule has 0 aromatic carbocycles. The van der Waals surface area contributed by atoms with Gasteiger partial charge < -0.3 is 20.9 Å². The van der Waals surface area contributed by atoms with Crippen molar-refractivity contribution in [2.75, 3.05) is 31.1 Å². The van der Waals surface area contributed by atoms with Crippen LogP contribution in [0.2, 0.25) is 0 Å². The Labute approximate surface area is 326 Å². The number of nitrogens with one attached hydrogen (secondary N) is 1. The topological polar surface area (TPSA) is 139 Å². The molecule has 6 saturated carbocycles. The minimum Gasteiger partial charge on any atom is -0.481 e. The summed E-state index contributed by atoms with van der Waals surface area (Å²) < 4.78 is 30.9. The van der Waals surface area contributed by atoms with Crippen molar-refractivity contribution in [3.63, 3.8) is 0 Å². The number of allylic oxidation sites excluding steroid dienone is 1. The molecule has 7 fully saturated rings. The number of ether oxygens (including phenoxy) is 1. The number of nitrogens with zero attached hydrogens (tertiary/aromatic N) is 1. The molecule has 0 bridgehead atoms. The molecule has 4 N–H and O–H groups in total. The van der Waals surface area contributed by atoms with Crippen LogP contribution in [0, 0.1) is 68.5 Å². The van der Waals surface area contributed by atoms with E-state index in [4.69, 9.17) is 10.5 Å². The van der Waals surface area contributed by atoms with E-state index in [1.54, 1.807) is 0 Å². The van der Waals surface area contributed by atoms with E-state index in [1.165, 1.54) is 37.7 Å². The van der Waals surface area contributed by atoms with Crippen LogP contribution in [0.1, 0.15) is 127 Å². The molecule has 1 heterocycles. The van der Waals surface area contributed by atoms with Crippen molar-refractivity contribution in [2.24, 2.45) is 74.2 Å². The number of sulfone groups is 1. The van der Waals surface area contributed by atoms with Crippen LogP contribution in [0.15, 0.2) is 12.2 Å². The maximum Gasteiger partial charge on any atom is 0.310 e. The van der Waals surface area contributed by atoms with Gasteiger partial charge in [0.05, 0.1) is 23.3 Å². The number of hydrogen-bond donors (Lipinski definition) is 3. The average Bonchev–Trinajstić information content (AvgIpc) is 3.45. The molecule has 7 rings (SSSR count). The van der Waals surface area contributed by atoms with Crippen molar-refractivity contribution in [2.45, 2.75) is 150 Å². The fraction of sp³-hybridized carbons (Fsp3) is 0.909. The molecule has 14 atom stereocenters. The minimum atomic E-state index is -2.96. The molecule has 6 aliphatic carbocycles. The Kier molecular flexibility index (Phi) is 10.0. The number of aliphatic carboxylic acids is 1.